The number of para-hydroxylation sites is 1. The number of nitrogens with one attached hydrogen (secondary N) is 2. The summed E-state index contributed by atoms with van der Waals surface area (Å²) >= 11 is 0. The van der Waals surface area contributed by atoms with Crippen molar-refractivity contribution in [2.45, 2.75) is 32.5 Å². The number of ether oxygens (including phenoxy) is 1. The Kier molecular flexibility index (Phi) is 6.41. The molecule has 6 nitrogen and oxygen atoms in total. The molecule has 2 N–H and O–H groups in total. The fourth-order valence-corrected chi connectivity index (χ4v) is 3.00. The first-order chi connectivity index (χ1) is 13.5. The second-order valence-electron chi connectivity index (χ2n) is 6.41. The van der Waals surface area contributed by atoms with Crippen molar-refractivity contribution in [2.24, 2.45) is 0 Å². The van der Waals surface area contributed by atoms with Gasteiger partial charge in [0.1, 0.15) is 5.75 Å². The van der Waals surface area contributed by atoms with E-state index in [1.807, 2.05) is 17.0 Å². The smallest absolute Gasteiger partial charge is 0.387 e. The molecular weight excluding hydrogens is 368 g/mol. The van der Waals surface area contributed by atoms with Crippen LogP contribution in [0.2, 0.25) is 0 Å². The van der Waals surface area contributed by atoms with E-state index in [0.29, 0.717) is 24.2 Å². The normalized spacial score (nSPS) is 13.7. The van der Waals surface area contributed by atoms with E-state index in [0.717, 1.165) is 18.5 Å². The first kappa shape index (κ1) is 19.6. The molecule has 8 heteroatoms. The standard InChI is InChI=1S/C20H21F2N3O3/c21-19(22)28-17-5-2-1-4-15(17)12-23-20(27)24-16-9-7-14(8-10-16)13-25-11-3-6-18(25)26/h1-2,4-5,7-10,19H,3,6,11-13H2,(H2,23,24,27). The van der Waals surface area contributed by atoms with Gasteiger partial charge in [0.15, 0.2) is 0 Å². The number of halogens is 2. The molecule has 148 valence electrons. The Balaban J connectivity index is 1.50. The van der Waals surface area contributed by atoms with Gasteiger partial charge >= 0.3 is 12.6 Å². The summed E-state index contributed by atoms with van der Waals surface area (Å²) in [6.07, 6.45) is 1.50. The maximum absolute atomic E-state index is 12.4. The lowest BCUT2D eigenvalue weighted by Crippen LogP contribution is -2.28. The second kappa shape index (κ2) is 9.16. The number of amides is 3. The quantitative estimate of drug-likeness (QED) is 0.758. The van der Waals surface area contributed by atoms with Gasteiger partial charge in [-0.3, -0.25) is 4.79 Å². The molecule has 0 spiro atoms. The third kappa shape index (κ3) is 5.42. The van der Waals surface area contributed by atoms with E-state index in [9.17, 15) is 18.4 Å². The Morgan fingerprint density at radius 3 is 2.57 bits per heavy atom. The number of carbonyl (C=O) groups is 2. The van der Waals surface area contributed by atoms with Crippen LogP contribution in [0.4, 0.5) is 19.3 Å². The van der Waals surface area contributed by atoms with Crippen LogP contribution in [0.1, 0.15) is 24.0 Å². The largest absolute Gasteiger partial charge is 0.434 e. The van der Waals surface area contributed by atoms with E-state index in [1.54, 1.807) is 30.3 Å². The van der Waals surface area contributed by atoms with Gasteiger partial charge in [-0.25, -0.2) is 4.79 Å². The summed E-state index contributed by atoms with van der Waals surface area (Å²) in [4.78, 5) is 25.5. The van der Waals surface area contributed by atoms with Crippen molar-refractivity contribution in [3.63, 3.8) is 0 Å². The third-order valence-electron chi connectivity index (χ3n) is 4.38. The van der Waals surface area contributed by atoms with Crippen molar-refractivity contribution in [3.05, 3.63) is 59.7 Å². The van der Waals surface area contributed by atoms with Gasteiger partial charge in [-0.15, -0.1) is 0 Å². The summed E-state index contributed by atoms with van der Waals surface area (Å²) in [6, 6.07) is 13.0. The van der Waals surface area contributed by atoms with Gasteiger partial charge in [-0.1, -0.05) is 30.3 Å². The number of urea groups is 1. The predicted molar refractivity (Wildman–Crippen MR) is 100 cm³/mol. The highest BCUT2D eigenvalue weighted by molar-refractivity contribution is 5.89. The summed E-state index contributed by atoms with van der Waals surface area (Å²) in [5.74, 6) is 0.191. The SMILES string of the molecule is O=C(NCc1ccccc1OC(F)F)Nc1ccc(CN2CCCC2=O)cc1. The zero-order chi connectivity index (χ0) is 19.9. The average Bonchev–Trinajstić information content (AvgIpc) is 3.07. The lowest BCUT2D eigenvalue weighted by Gasteiger charge is -2.16. The minimum atomic E-state index is -2.93. The van der Waals surface area contributed by atoms with Crippen molar-refractivity contribution in [2.75, 3.05) is 11.9 Å². The van der Waals surface area contributed by atoms with Gasteiger partial charge in [0.05, 0.1) is 0 Å². The van der Waals surface area contributed by atoms with Gasteiger partial charge in [0.25, 0.3) is 0 Å². The number of benzene rings is 2. The number of likely N-dealkylation sites (tertiary alicyclic amines) is 1. The van der Waals surface area contributed by atoms with Crippen LogP contribution in [0, 0.1) is 0 Å². The van der Waals surface area contributed by atoms with Crippen LogP contribution < -0.4 is 15.4 Å². The molecule has 0 radical (unpaired) electrons. The predicted octanol–water partition coefficient (Wildman–Crippen LogP) is 3.73. The summed E-state index contributed by atoms with van der Waals surface area (Å²) in [6.45, 7) is -1.54. The molecule has 0 saturated carbocycles. The summed E-state index contributed by atoms with van der Waals surface area (Å²) in [5, 5.41) is 5.29. The molecule has 1 fully saturated rings. The molecule has 1 aliphatic heterocycles. The number of anilines is 1. The fourth-order valence-electron chi connectivity index (χ4n) is 3.00. The van der Waals surface area contributed by atoms with Gasteiger partial charge in [-0.05, 0) is 30.2 Å². The zero-order valence-electron chi connectivity index (χ0n) is 15.2. The van der Waals surface area contributed by atoms with Crippen molar-refractivity contribution in [1.82, 2.24) is 10.2 Å². The Hall–Kier alpha value is -3.16. The van der Waals surface area contributed by atoms with Crippen molar-refractivity contribution in [3.8, 4) is 5.75 Å². The molecule has 1 heterocycles. The molecule has 0 aromatic heterocycles. The van der Waals surface area contributed by atoms with Gasteiger partial charge in [-0.2, -0.15) is 8.78 Å². The van der Waals surface area contributed by atoms with E-state index in [-0.39, 0.29) is 18.2 Å². The van der Waals surface area contributed by atoms with E-state index < -0.39 is 12.6 Å². The lowest BCUT2D eigenvalue weighted by molar-refractivity contribution is -0.128. The minimum Gasteiger partial charge on any atom is -0.434 e. The van der Waals surface area contributed by atoms with E-state index in [1.165, 1.54) is 6.07 Å². The number of hydrogen-bond donors (Lipinski definition) is 2. The third-order valence-corrected chi connectivity index (χ3v) is 4.38. The van der Waals surface area contributed by atoms with Crippen molar-refractivity contribution in [1.29, 1.82) is 0 Å². The molecule has 0 unspecified atom stereocenters. The maximum atomic E-state index is 12.4. The zero-order valence-corrected chi connectivity index (χ0v) is 15.2. The van der Waals surface area contributed by atoms with Crippen LogP contribution in [-0.2, 0) is 17.9 Å². The molecule has 3 rings (SSSR count). The van der Waals surface area contributed by atoms with E-state index in [4.69, 9.17) is 0 Å². The highest BCUT2D eigenvalue weighted by atomic mass is 19.3. The molecule has 2 aromatic rings. The topological polar surface area (TPSA) is 70.7 Å². The Morgan fingerprint density at radius 2 is 1.89 bits per heavy atom. The number of nitrogens with zero attached hydrogens (tertiary/aromatic N) is 1. The number of alkyl halides is 2. The van der Waals surface area contributed by atoms with Crippen molar-refractivity contribution >= 4 is 17.6 Å². The summed E-state index contributed by atoms with van der Waals surface area (Å²) < 4.78 is 29.3. The summed E-state index contributed by atoms with van der Waals surface area (Å²) in [5.41, 5.74) is 2.02. The highest BCUT2D eigenvalue weighted by Crippen LogP contribution is 2.20. The van der Waals surface area contributed by atoms with Crippen LogP contribution in [0.15, 0.2) is 48.5 Å². The average molecular weight is 389 g/mol. The van der Waals surface area contributed by atoms with Gasteiger partial charge < -0.3 is 20.3 Å². The number of rotatable bonds is 7. The molecule has 0 bridgehead atoms. The molecule has 2 aromatic carbocycles. The van der Waals surface area contributed by atoms with Crippen LogP contribution in [-0.4, -0.2) is 30.0 Å². The molecule has 1 aliphatic rings. The highest BCUT2D eigenvalue weighted by Gasteiger charge is 2.19. The van der Waals surface area contributed by atoms with E-state index >= 15 is 0 Å². The van der Waals surface area contributed by atoms with Crippen LogP contribution in [0.3, 0.4) is 0 Å². The molecular formula is C20H21F2N3O3. The van der Waals surface area contributed by atoms with E-state index in [2.05, 4.69) is 15.4 Å². The van der Waals surface area contributed by atoms with Crippen molar-refractivity contribution < 1.29 is 23.1 Å². The van der Waals surface area contributed by atoms with Gasteiger partial charge in [0.2, 0.25) is 5.91 Å². The minimum absolute atomic E-state index is 0.0265. The van der Waals surface area contributed by atoms with Gasteiger partial charge in [0, 0.05) is 37.3 Å². The number of hydrogen-bond acceptors (Lipinski definition) is 3. The molecule has 1 saturated heterocycles. The van der Waals surface area contributed by atoms with Crippen LogP contribution >= 0.6 is 0 Å². The lowest BCUT2D eigenvalue weighted by atomic mass is 10.2. The number of carbonyl (C=O) groups excluding carboxylic acids is 2. The van der Waals surface area contributed by atoms with Crippen LogP contribution in [0.5, 0.6) is 5.75 Å². The second-order valence-corrected chi connectivity index (χ2v) is 6.41. The Labute approximate surface area is 161 Å². The molecule has 0 atom stereocenters. The first-order valence-electron chi connectivity index (χ1n) is 8.95. The molecule has 0 aliphatic carbocycles. The maximum Gasteiger partial charge on any atom is 0.387 e. The van der Waals surface area contributed by atoms with Crippen LogP contribution in [0.25, 0.3) is 0 Å². The molecule has 28 heavy (non-hydrogen) atoms. The fraction of sp³-hybridized carbons (Fsp3) is 0.300. The monoisotopic (exact) mass is 389 g/mol. The first-order valence-corrected chi connectivity index (χ1v) is 8.95. The molecule has 3 amide bonds. The Bertz CT molecular complexity index is 828. The summed E-state index contributed by atoms with van der Waals surface area (Å²) in [7, 11) is 0. The Morgan fingerprint density at radius 1 is 1.14 bits per heavy atom.